The molecule has 0 bridgehead atoms. The third kappa shape index (κ3) is 20.1. The number of carboxylic acid groups (broad SMARTS) is 1. The van der Waals surface area contributed by atoms with Gasteiger partial charge in [0.25, 0.3) is 0 Å². The van der Waals surface area contributed by atoms with Gasteiger partial charge in [-0.1, -0.05) is 0 Å². The summed E-state index contributed by atoms with van der Waals surface area (Å²) in [5.74, 6) is -1.21. The molecule has 0 spiro atoms. The maximum absolute atomic E-state index is 11.0. The highest BCUT2D eigenvalue weighted by atomic mass is 35.5. The number of halogens is 3. The second kappa shape index (κ2) is 24.4. The topological polar surface area (TPSA) is 170 Å². The largest absolute Gasteiger partial charge is 1.00 e. The van der Waals surface area contributed by atoms with Crippen LogP contribution in [0, 0.1) is 5.92 Å². The van der Waals surface area contributed by atoms with Gasteiger partial charge in [-0.05, 0) is 0 Å². The Kier molecular flexibility index (Phi) is 36.5. The van der Waals surface area contributed by atoms with Crippen LogP contribution < -0.4 is 63.6 Å². The van der Waals surface area contributed by atoms with E-state index in [1.165, 1.54) is 13.1 Å². The van der Waals surface area contributed by atoms with Gasteiger partial charge in [-0.15, -0.1) is 0 Å². The van der Waals surface area contributed by atoms with Crippen molar-refractivity contribution in [2.24, 2.45) is 5.92 Å². The van der Waals surface area contributed by atoms with Gasteiger partial charge in [-0.25, -0.2) is 0 Å². The van der Waals surface area contributed by atoms with Crippen molar-refractivity contribution in [3.63, 3.8) is 0 Å². The van der Waals surface area contributed by atoms with Crippen molar-refractivity contribution in [1.29, 1.82) is 0 Å². The molecule has 11 heteroatoms. The van der Waals surface area contributed by atoms with Gasteiger partial charge in [-0.3, -0.25) is 0 Å². The molecule has 0 saturated carbocycles. The van der Waals surface area contributed by atoms with Crippen molar-refractivity contribution in [1.82, 2.24) is 0 Å². The lowest BCUT2D eigenvalue weighted by Crippen LogP contribution is -3.00. The molecule has 0 atom stereocenters. The fraction of sp³-hybridized carbons (Fsp3) is 0.917. The Morgan fingerprint density at radius 1 is 0.696 bits per heavy atom. The summed E-state index contributed by atoms with van der Waals surface area (Å²) >= 11 is 0. The van der Waals surface area contributed by atoms with E-state index in [9.17, 15) is 9.90 Å². The highest BCUT2D eigenvalue weighted by Gasteiger charge is 2.14. The van der Waals surface area contributed by atoms with Crippen molar-refractivity contribution < 1.29 is 79.3 Å². The number of hydrogen-bond donors (Lipinski definition) is 4. The summed E-state index contributed by atoms with van der Waals surface area (Å²) < 4.78 is 0. The van der Waals surface area contributed by atoms with Crippen molar-refractivity contribution in [2.75, 3.05) is 52.4 Å². The summed E-state index contributed by atoms with van der Waals surface area (Å²) in [6.07, 6.45) is 2.28. The normalized spacial score (nSPS) is 17.9. The molecular weight excluding hydrogens is 371 g/mol. The molecule has 1 heterocycles. The summed E-state index contributed by atoms with van der Waals surface area (Å²) in [6, 6.07) is 0. The van der Waals surface area contributed by atoms with E-state index in [4.69, 9.17) is 0 Å². The molecule has 1 aliphatic heterocycles. The van der Waals surface area contributed by atoms with Crippen molar-refractivity contribution in [2.45, 2.75) is 12.8 Å². The predicted molar refractivity (Wildman–Crippen MR) is 71.6 cm³/mol. The second-order valence-corrected chi connectivity index (χ2v) is 5.08. The molecule has 1 fully saturated rings. The summed E-state index contributed by atoms with van der Waals surface area (Å²) in [5, 5.41) is 19.9. The van der Waals surface area contributed by atoms with Crippen molar-refractivity contribution >= 4 is 5.97 Å². The minimum atomic E-state index is -0.898. The van der Waals surface area contributed by atoms with Gasteiger partial charge >= 0.3 is 0 Å². The van der Waals surface area contributed by atoms with Crippen molar-refractivity contribution in [3.05, 3.63) is 0 Å². The number of carbonyl (C=O) groups excluding carboxylic acids is 1. The van der Waals surface area contributed by atoms with Crippen LogP contribution in [-0.2, 0) is 4.79 Å². The van der Waals surface area contributed by atoms with Crippen LogP contribution in [0.5, 0.6) is 0 Å². The molecule has 0 unspecified atom stereocenters. The van der Waals surface area contributed by atoms with E-state index in [2.05, 4.69) is 21.3 Å². The molecule has 8 nitrogen and oxygen atoms in total. The first-order valence-corrected chi connectivity index (χ1v) is 7.28. The smallest absolute Gasteiger partial charge is 0.125 e. The average Bonchev–Trinajstić information content (AvgIpc) is 2.36. The van der Waals surface area contributed by atoms with Crippen LogP contribution in [-0.4, -0.2) is 69.3 Å². The molecular formula is C12H33Cl3N4O4. The first kappa shape index (κ1) is 34.4. The van der Waals surface area contributed by atoms with Gasteiger partial charge < -0.3 is 79.3 Å². The van der Waals surface area contributed by atoms with Gasteiger partial charge in [0.15, 0.2) is 0 Å². The quantitative estimate of drug-likeness (QED) is 0.341. The second-order valence-electron chi connectivity index (χ2n) is 5.08. The van der Waals surface area contributed by atoms with Gasteiger partial charge in [0.2, 0.25) is 0 Å². The zero-order valence-electron chi connectivity index (χ0n) is 13.4. The number of carboxylic acids is 1. The standard InChI is InChI=1S/C12H26N4O2.3ClH.2H2O/c17-12(18)11-9-15-5-1-3-13-7-8-14-4-2-6-16-10-11;;;;;/h11,13-16H,1-10H2,(H,17,18);3*1H;2*1H2. The van der Waals surface area contributed by atoms with E-state index in [0.29, 0.717) is 13.1 Å². The third-order valence-corrected chi connectivity index (χ3v) is 3.44. The summed E-state index contributed by atoms with van der Waals surface area (Å²) in [4.78, 5) is 11.0. The highest BCUT2D eigenvalue weighted by Crippen LogP contribution is 1.84. The molecule has 1 rings (SSSR count). The molecule has 0 aliphatic carbocycles. The van der Waals surface area contributed by atoms with E-state index in [-0.39, 0.29) is 54.1 Å². The highest BCUT2D eigenvalue weighted by molar-refractivity contribution is 5.67. The molecule has 1 saturated heterocycles. The first-order valence-electron chi connectivity index (χ1n) is 7.28. The lowest BCUT2D eigenvalue weighted by molar-refractivity contribution is -0.729. The van der Waals surface area contributed by atoms with Crippen molar-refractivity contribution in [3.8, 4) is 0 Å². The number of nitrogens with two attached hydrogens (primary N) is 4. The van der Waals surface area contributed by atoms with Crippen LogP contribution in [0.4, 0.5) is 0 Å². The Bertz CT molecular complexity index is 228. The van der Waals surface area contributed by atoms with Crippen LogP contribution in [0.25, 0.3) is 0 Å². The first-order chi connectivity index (χ1) is 8.80. The van der Waals surface area contributed by atoms with E-state index in [0.717, 1.165) is 39.0 Å². The maximum atomic E-state index is 11.0. The predicted octanol–water partition coefficient (Wildman–Crippen LogP) is -17.2. The SMILES string of the molecule is O.O.O=C([O-])C1C[NH2+]CCC[NH2+]CC[NH2+]CCC[NH2+]C1.[Cl-].[Cl-].[Cl-]. The Morgan fingerprint density at radius 3 is 1.39 bits per heavy atom. The maximum Gasteiger partial charge on any atom is 0.125 e. The molecule has 12 N–H and O–H groups in total. The summed E-state index contributed by atoms with van der Waals surface area (Å²) in [7, 11) is 0. The summed E-state index contributed by atoms with van der Waals surface area (Å²) in [5.41, 5.74) is 0. The van der Waals surface area contributed by atoms with Crippen LogP contribution in [0.3, 0.4) is 0 Å². The fourth-order valence-electron chi connectivity index (χ4n) is 2.26. The lowest BCUT2D eigenvalue weighted by Gasteiger charge is -2.14. The molecule has 1 aliphatic rings. The molecule has 0 amide bonds. The van der Waals surface area contributed by atoms with Gasteiger partial charge in [-0.2, -0.15) is 0 Å². The van der Waals surface area contributed by atoms with Gasteiger partial charge in [0.1, 0.15) is 13.1 Å². The number of carbonyl (C=O) groups is 1. The Morgan fingerprint density at radius 2 is 1.04 bits per heavy atom. The number of quaternary nitrogens is 4. The third-order valence-electron chi connectivity index (χ3n) is 3.44. The minimum absolute atomic E-state index is 0. The van der Waals surface area contributed by atoms with Gasteiger partial charge in [0, 0.05) is 12.8 Å². The molecule has 0 aromatic carbocycles. The number of aliphatic carboxylic acids is 1. The van der Waals surface area contributed by atoms with E-state index < -0.39 is 5.97 Å². The zero-order valence-corrected chi connectivity index (χ0v) is 15.7. The molecule has 0 radical (unpaired) electrons. The van der Waals surface area contributed by atoms with Crippen LogP contribution in [0.1, 0.15) is 12.8 Å². The fourth-order valence-corrected chi connectivity index (χ4v) is 2.26. The molecule has 146 valence electrons. The van der Waals surface area contributed by atoms with Crippen LogP contribution >= 0.6 is 0 Å². The Labute approximate surface area is 156 Å². The Hall–Kier alpha value is 0.1000. The van der Waals surface area contributed by atoms with Crippen LogP contribution in [0.15, 0.2) is 0 Å². The average molecular weight is 404 g/mol. The van der Waals surface area contributed by atoms with E-state index in [1.807, 2.05) is 0 Å². The van der Waals surface area contributed by atoms with E-state index in [1.54, 1.807) is 0 Å². The van der Waals surface area contributed by atoms with Crippen LogP contribution in [0.2, 0.25) is 0 Å². The molecule has 0 aromatic rings. The zero-order chi connectivity index (χ0) is 13.1. The summed E-state index contributed by atoms with van der Waals surface area (Å²) in [6.45, 7) is 8.01. The lowest BCUT2D eigenvalue weighted by atomic mass is 10.1. The van der Waals surface area contributed by atoms with Gasteiger partial charge in [0.05, 0.1) is 51.2 Å². The number of rotatable bonds is 1. The van der Waals surface area contributed by atoms with E-state index >= 15 is 0 Å². The number of hydrogen-bond acceptors (Lipinski definition) is 2. The molecule has 0 aromatic heterocycles. The monoisotopic (exact) mass is 402 g/mol. The minimum Gasteiger partial charge on any atom is -1.00 e. The molecule has 23 heavy (non-hydrogen) atoms. The Balaban J connectivity index is -0.000000216.